The number of nitrogens with zero attached hydrogens (tertiary/aromatic N) is 3. The van der Waals surface area contributed by atoms with Crippen molar-refractivity contribution in [1.82, 2.24) is 9.88 Å². The predicted molar refractivity (Wildman–Crippen MR) is 172 cm³/mol. The quantitative estimate of drug-likeness (QED) is 0.210. The molecule has 0 bridgehead atoms. The minimum absolute atomic E-state index is 0.528. The molecule has 210 valence electrons. The Morgan fingerprint density at radius 2 is 1.61 bits per heavy atom. The predicted octanol–water partition coefficient (Wildman–Crippen LogP) is 6.77. The van der Waals surface area contributed by atoms with Crippen LogP contribution in [0.25, 0.3) is 21.7 Å². The Bertz CT molecular complexity index is 1660. The minimum atomic E-state index is -1.26. The fourth-order valence-electron chi connectivity index (χ4n) is 5.98. The highest BCUT2D eigenvalue weighted by molar-refractivity contribution is 9.10. The lowest BCUT2D eigenvalue weighted by atomic mass is 9.80. The average molecular weight is 611 g/mol. The average Bonchev–Trinajstić information content (AvgIpc) is 3.00. The summed E-state index contributed by atoms with van der Waals surface area (Å²) >= 11 is 3.79. The molecule has 1 saturated heterocycles. The summed E-state index contributed by atoms with van der Waals surface area (Å²) in [5, 5.41) is 16.1. The van der Waals surface area contributed by atoms with Crippen LogP contribution in [0.2, 0.25) is 0 Å². The van der Waals surface area contributed by atoms with Gasteiger partial charge in [0, 0.05) is 41.5 Å². The fraction of sp³-hybridized carbons (Fsp3) is 0.286. The molecule has 1 N–H and O–H groups in total. The molecule has 0 saturated carbocycles. The second-order valence-electron chi connectivity index (χ2n) is 11.2. The van der Waals surface area contributed by atoms with Crippen LogP contribution < -0.4 is 4.90 Å². The van der Waals surface area contributed by atoms with Gasteiger partial charge in [0.2, 0.25) is 0 Å². The second kappa shape index (κ2) is 11.9. The van der Waals surface area contributed by atoms with Gasteiger partial charge in [-0.2, -0.15) is 0 Å². The highest BCUT2D eigenvalue weighted by atomic mass is 79.9. The van der Waals surface area contributed by atoms with Crippen LogP contribution in [0.5, 0.6) is 0 Å². The van der Waals surface area contributed by atoms with Gasteiger partial charge >= 0.3 is 0 Å². The molecular weight excluding hydrogens is 574 g/mol. The zero-order valence-corrected chi connectivity index (χ0v) is 25.3. The normalized spacial score (nSPS) is 15.5. The molecule has 41 heavy (non-hydrogen) atoms. The summed E-state index contributed by atoms with van der Waals surface area (Å²) in [5.74, 6) is 0.973. The Kier molecular flexibility index (Phi) is 8.09. The van der Waals surface area contributed by atoms with Gasteiger partial charge in [0.15, 0.2) is 0 Å². The SMILES string of the molecule is CN(C)CCC(O)(c1cccc2ccccc12)c1cc(Br)cc2cc(Cc3ccccc3)c(N3CCOCC3)nc12. The van der Waals surface area contributed by atoms with Crippen LogP contribution in [-0.2, 0) is 16.8 Å². The van der Waals surface area contributed by atoms with Crippen molar-refractivity contribution >= 4 is 43.4 Å². The van der Waals surface area contributed by atoms with Crippen LogP contribution in [0, 0.1) is 0 Å². The van der Waals surface area contributed by atoms with E-state index in [2.05, 4.69) is 98.5 Å². The molecule has 1 atom stereocenters. The monoisotopic (exact) mass is 609 g/mol. The van der Waals surface area contributed by atoms with Crippen molar-refractivity contribution in [2.24, 2.45) is 0 Å². The molecule has 5 aromatic rings. The molecule has 2 heterocycles. The number of aromatic nitrogens is 1. The molecule has 4 aromatic carbocycles. The summed E-state index contributed by atoms with van der Waals surface area (Å²) in [6.45, 7) is 3.66. The maximum Gasteiger partial charge on any atom is 0.132 e. The lowest BCUT2D eigenvalue weighted by Crippen LogP contribution is -2.37. The Balaban J connectivity index is 1.59. The molecular formula is C35H36BrN3O2. The van der Waals surface area contributed by atoms with Gasteiger partial charge in [0.1, 0.15) is 11.4 Å². The largest absolute Gasteiger partial charge is 0.380 e. The molecule has 0 radical (unpaired) electrons. The Hall–Kier alpha value is -3.29. The standard InChI is InChI=1S/C35H36BrN3O2/c1-38(2)16-15-35(40,31-14-8-12-26-11-6-7-13-30(26)31)32-24-29(36)23-27-22-28(21-25-9-4-3-5-10-25)34(37-33(27)32)39-17-19-41-20-18-39/h3-14,22-24,40H,15-21H2,1-2H3. The fourth-order valence-corrected chi connectivity index (χ4v) is 6.46. The summed E-state index contributed by atoms with van der Waals surface area (Å²) < 4.78 is 6.62. The first-order valence-electron chi connectivity index (χ1n) is 14.3. The first-order valence-corrected chi connectivity index (χ1v) is 15.1. The number of aliphatic hydroxyl groups is 1. The van der Waals surface area contributed by atoms with Crippen LogP contribution in [-0.4, -0.2) is 61.9 Å². The van der Waals surface area contributed by atoms with Gasteiger partial charge in [-0.25, -0.2) is 4.98 Å². The first-order chi connectivity index (χ1) is 19.9. The molecule has 0 aliphatic carbocycles. The first kappa shape index (κ1) is 27.9. The molecule has 0 amide bonds. The maximum absolute atomic E-state index is 12.9. The van der Waals surface area contributed by atoms with Crippen molar-refractivity contribution in [2.75, 3.05) is 51.8 Å². The van der Waals surface area contributed by atoms with Gasteiger partial charge in [-0.15, -0.1) is 0 Å². The maximum atomic E-state index is 12.9. The Morgan fingerprint density at radius 3 is 2.39 bits per heavy atom. The number of rotatable bonds is 8. The van der Waals surface area contributed by atoms with E-state index in [1.165, 1.54) is 11.1 Å². The number of hydrogen-bond acceptors (Lipinski definition) is 5. The number of morpholine rings is 1. The van der Waals surface area contributed by atoms with Crippen LogP contribution >= 0.6 is 15.9 Å². The number of pyridine rings is 1. The minimum Gasteiger partial charge on any atom is -0.380 e. The molecule has 1 aliphatic rings. The van der Waals surface area contributed by atoms with E-state index < -0.39 is 5.60 Å². The molecule has 1 unspecified atom stereocenters. The topological polar surface area (TPSA) is 48.8 Å². The highest BCUT2D eigenvalue weighted by Crippen LogP contribution is 2.42. The summed E-state index contributed by atoms with van der Waals surface area (Å²) in [7, 11) is 4.10. The van der Waals surface area contributed by atoms with Crippen molar-refractivity contribution in [3.63, 3.8) is 0 Å². The number of fused-ring (bicyclic) bond motifs is 2. The van der Waals surface area contributed by atoms with Gasteiger partial charge in [-0.05, 0) is 66.2 Å². The van der Waals surface area contributed by atoms with Gasteiger partial charge in [0.25, 0.3) is 0 Å². The molecule has 1 fully saturated rings. The summed E-state index contributed by atoms with van der Waals surface area (Å²) in [6.07, 6.45) is 1.31. The molecule has 1 aromatic heterocycles. The van der Waals surface area contributed by atoms with E-state index in [0.717, 1.165) is 69.1 Å². The van der Waals surface area contributed by atoms with Crippen LogP contribution in [0.3, 0.4) is 0 Å². The van der Waals surface area contributed by atoms with Gasteiger partial charge in [-0.1, -0.05) is 88.7 Å². The van der Waals surface area contributed by atoms with E-state index in [0.29, 0.717) is 19.6 Å². The van der Waals surface area contributed by atoms with E-state index in [4.69, 9.17) is 9.72 Å². The molecule has 1 aliphatic heterocycles. The summed E-state index contributed by atoms with van der Waals surface area (Å²) in [6, 6.07) is 31.5. The smallest absolute Gasteiger partial charge is 0.132 e. The molecule has 0 spiro atoms. The third-order valence-electron chi connectivity index (χ3n) is 8.09. The highest BCUT2D eigenvalue weighted by Gasteiger charge is 2.36. The van der Waals surface area contributed by atoms with E-state index in [1.54, 1.807) is 0 Å². The van der Waals surface area contributed by atoms with Crippen LogP contribution in [0.15, 0.2) is 95.5 Å². The van der Waals surface area contributed by atoms with E-state index in [1.807, 2.05) is 32.3 Å². The van der Waals surface area contributed by atoms with E-state index >= 15 is 0 Å². The van der Waals surface area contributed by atoms with E-state index in [-0.39, 0.29) is 0 Å². The van der Waals surface area contributed by atoms with Crippen molar-refractivity contribution in [2.45, 2.75) is 18.4 Å². The van der Waals surface area contributed by atoms with Gasteiger partial charge in [-0.3, -0.25) is 0 Å². The number of ether oxygens (including phenoxy) is 1. The van der Waals surface area contributed by atoms with Gasteiger partial charge in [0.05, 0.1) is 18.7 Å². The number of benzene rings is 4. The Labute approximate surface area is 250 Å². The lowest BCUT2D eigenvalue weighted by molar-refractivity contribution is 0.0656. The van der Waals surface area contributed by atoms with Gasteiger partial charge < -0.3 is 19.6 Å². The molecule has 5 nitrogen and oxygen atoms in total. The van der Waals surface area contributed by atoms with Crippen molar-refractivity contribution < 1.29 is 9.84 Å². The molecule has 6 heteroatoms. The summed E-state index contributed by atoms with van der Waals surface area (Å²) in [5.41, 5.74) is 3.72. The molecule has 6 rings (SSSR count). The van der Waals surface area contributed by atoms with Crippen LogP contribution in [0.1, 0.15) is 28.7 Å². The summed E-state index contributed by atoms with van der Waals surface area (Å²) in [4.78, 5) is 9.87. The van der Waals surface area contributed by atoms with Crippen molar-refractivity contribution in [1.29, 1.82) is 0 Å². The lowest BCUT2D eigenvalue weighted by Gasteiger charge is -2.34. The van der Waals surface area contributed by atoms with Crippen molar-refractivity contribution in [3.05, 3.63) is 118 Å². The Morgan fingerprint density at radius 1 is 0.878 bits per heavy atom. The van der Waals surface area contributed by atoms with Crippen molar-refractivity contribution in [3.8, 4) is 0 Å². The van der Waals surface area contributed by atoms with Crippen LogP contribution in [0.4, 0.5) is 5.82 Å². The zero-order valence-electron chi connectivity index (χ0n) is 23.7. The number of halogens is 1. The third kappa shape index (κ3) is 5.75. The zero-order chi connectivity index (χ0) is 28.4. The number of hydrogen-bond donors (Lipinski definition) is 1. The second-order valence-corrected chi connectivity index (χ2v) is 12.1. The third-order valence-corrected chi connectivity index (χ3v) is 8.55. The number of anilines is 1. The van der Waals surface area contributed by atoms with E-state index in [9.17, 15) is 5.11 Å².